The summed E-state index contributed by atoms with van der Waals surface area (Å²) in [6.45, 7) is 4.72. The molecule has 3 aromatic heterocycles. The van der Waals surface area contributed by atoms with Gasteiger partial charge in [0.05, 0.1) is 29.7 Å². The molecule has 1 aliphatic rings. The van der Waals surface area contributed by atoms with Gasteiger partial charge in [-0.2, -0.15) is 5.10 Å². The Labute approximate surface area is 175 Å². The molecule has 4 heterocycles. The number of nitrogens with one attached hydrogen (secondary N) is 2. The van der Waals surface area contributed by atoms with Crippen molar-refractivity contribution in [1.29, 1.82) is 0 Å². The van der Waals surface area contributed by atoms with E-state index in [4.69, 9.17) is 0 Å². The lowest BCUT2D eigenvalue weighted by Gasteiger charge is -2.14. The summed E-state index contributed by atoms with van der Waals surface area (Å²) in [5.41, 5.74) is 3.00. The van der Waals surface area contributed by atoms with Gasteiger partial charge in [-0.3, -0.25) is 13.9 Å². The summed E-state index contributed by atoms with van der Waals surface area (Å²) in [5.74, 6) is 0.665. The van der Waals surface area contributed by atoms with Gasteiger partial charge < -0.3 is 10.6 Å². The van der Waals surface area contributed by atoms with Crippen molar-refractivity contribution in [1.82, 2.24) is 34.8 Å². The summed E-state index contributed by atoms with van der Waals surface area (Å²) in [6, 6.07) is 3.84. The van der Waals surface area contributed by atoms with Gasteiger partial charge in [0.1, 0.15) is 0 Å². The second kappa shape index (κ2) is 9.86. The topological polar surface area (TPSA) is 89.1 Å². The summed E-state index contributed by atoms with van der Waals surface area (Å²) in [6.07, 6.45) is 7.39. The zero-order valence-electron chi connectivity index (χ0n) is 15.7. The van der Waals surface area contributed by atoms with E-state index in [2.05, 4.69) is 31.8 Å². The van der Waals surface area contributed by atoms with Gasteiger partial charge in [-0.15, -0.1) is 24.8 Å². The maximum absolute atomic E-state index is 12.4. The molecule has 0 radical (unpaired) electrons. The van der Waals surface area contributed by atoms with Crippen molar-refractivity contribution in [3.05, 3.63) is 47.8 Å². The largest absolute Gasteiger partial charge is 0.348 e. The average Bonchev–Trinajstić information content (AvgIpc) is 3.27. The highest BCUT2D eigenvalue weighted by atomic mass is 35.5. The van der Waals surface area contributed by atoms with Crippen molar-refractivity contribution in [2.75, 3.05) is 6.54 Å². The molecular weight excluding hydrogens is 401 g/mol. The van der Waals surface area contributed by atoms with Crippen molar-refractivity contribution in [2.24, 2.45) is 0 Å². The standard InChI is InChI=1S/C18H23N7O.2ClH/c1-2-15(16-12-24-8-3-6-20-18(24)22-16)21-17(26)5-4-13-10-14-11-19-7-9-25(14)23-13;;/h3,6,8,10,12,15,19H,2,4-5,7,9,11H2,1H3,(H,21,26);2*1H. The van der Waals surface area contributed by atoms with Gasteiger partial charge in [0, 0.05) is 44.5 Å². The molecule has 3 aromatic rings. The first-order chi connectivity index (χ1) is 12.7. The fourth-order valence-electron chi connectivity index (χ4n) is 3.28. The van der Waals surface area contributed by atoms with Gasteiger partial charge in [-0.1, -0.05) is 6.92 Å². The predicted octanol–water partition coefficient (Wildman–Crippen LogP) is 2.07. The lowest BCUT2D eigenvalue weighted by atomic mass is 10.1. The number of carbonyl (C=O) groups is 1. The van der Waals surface area contributed by atoms with Gasteiger partial charge in [0.25, 0.3) is 0 Å². The van der Waals surface area contributed by atoms with E-state index in [-0.39, 0.29) is 36.8 Å². The van der Waals surface area contributed by atoms with Gasteiger partial charge >= 0.3 is 0 Å². The van der Waals surface area contributed by atoms with Crippen LogP contribution in [0.25, 0.3) is 5.78 Å². The molecule has 152 valence electrons. The molecule has 28 heavy (non-hydrogen) atoms. The number of rotatable bonds is 6. The molecule has 1 atom stereocenters. The van der Waals surface area contributed by atoms with Crippen LogP contribution >= 0.6 is 24.8 Å². The lowest BCUT2D eigenvalue weighted by molar-refractivity contribution is -0.121. The molecule has 0 aliphatic carbocycles. The van der Waals surface area contributed by atoms with E-state index < -0.39 is 0 Å². The number of carbonyl (C=O) groups excluding carboxylic acids is 1. The van der Waals surface area contributed by atoms with Crippen molar-refractivity contribution in [3.63, 3.8) is 0 Å². The van der Waals surface area contributed by atoms with E-state index in [0.29, 0.717) is 18.6 Å². The third-order valence-electron chi connectivity index (χ3n) is 4.68. The Morgan fingerprint density at radius 3 is 3.00 bits per heavy atom. The van der Waals surface area contributed by atoms with Crippen molar-refractivity contribution in [2.45, 2.75) is 45.3 Å². The fraction of sp³-hybridized carbons (Fsp3) is 0.444. The molecule has 0 saturated carbocycles. The lowest BCUT2D eigenvalue weighted by Crippen LogP contribution is -2.28. The molecule has 0 fully saturated rings. The van der Waals surface area contributed by atoms with E-state index in [9.17, 15) is 4.79 Å². The summed E-state index contributed by atoms with van der Waals surface area (Å²) in [5, 5.41) is 11.0. The number of aromatic nitrogens is 5. The van der Waals surface area contributed by atoms with Gasteiger partial charge in [0.2, 0.25) is 11.7 Å². The Bertz CT molecular complexity index is 867. The Morgan fingerprint density at radius 1 is 1.39 bits per heavy atom. The number of hydrogen-bond acceptors (Lipinski definition) is 5. The van der Waals surface area contributed by atoms with Crippen molar-refractivity contribution >= 4 is 36.5 Å². The second-order valence-corrected chi connectivity index (χ2v) is 6.55. The van der Waals surface area contributed by atoms with Crippen LogP contribution < -0.4 is 10.6 Å². The fourth-order valence-corrected chi connectivity index (χ4v) is 3.28. The van der Waals surface area contributed by atoms with Crippen molar-refractivity contribution < 1.29 is 4.79 Å². The highest BCUT2D eigenvalue weighted by molar-refractivity contribution is 5.85. The maximum atomic E-state index is 12.4. The van der Waals surface area contributed by atoms with Crippen LogP contribution in [0, 0.1) is 0 Å². The highest BCUT2D eigenvalue weighted by Gasteiger charge is 2.17. The Balaban J connectivity index is 0.00000140. The number of fused-ring (bicyclic) bond motifs is 2. The predicted molar refractivity (Wildman–Crippen MR) is 111 cm³/mol. The van der Waals surface area contributed by atoms with Crippen LogP contribution in [-0.4, -0.2) is 36.6 Å². The maximum Gasteiger partial charge on any atom is 0.233 e. The van der Waals surface area contributed by atoms with Gasteiger partial charge in [-0.05, 0) is 18.6 Å². The SMILES string of the molecule is CCC(NC(=O)CCc1cc2n(n1)CCNC2)c1cn2cccnc2n1.Cl.Cl. The van der Waals surface area contributed by atoms with Crippen LogP contribution in [-0.2, 0) is 24.3 Å². The number of nitrogens with zero attached hydrogens (tertiary/aromatic N) is 5. The summed E-state index contributed by atoms with van der Waals surface area (Å²) in [7, 11) is 0. The van der Waals surface area contributed by atoms with Crippen LogP contribution in [0.1, 0.15) is 42.9 Å². The minimum atomic E-state index is -0.108. The minimum absolute atomic E-state index is 0. The summed E-state index contributed by atoms with van der Waals surface area (Å²) >= 11 is 0. The molecule has 10 heteroatoms. The second-order valence-electron chi connectivity index (χ2n) is 6.55. The number of amides is 1. The van der Waals surface area contributed by atoms with Crippen LogP contribution in [0.15, 0.2) is 30.7 Å². The minimum Gasteiger partial charge on any atom is -0.348 e. The monoisotopic (exact) mass is 425 g/mol. The molecule has 8 nitrogen and oxygen atoms in total. The Kier molecular flexibility index (Phi) is 7.79. The van der Waals surface area contributed by atoms with E-state index in [0.717, 1.165) is 37.4 Å². The highest BCUT2D eigenvalue weighted by Crippen LogP contribution is 2.16. The smallest absolute Gasteiger partial charge is 0.233 e. The molecule has 1 amide bonds. The number of hydrogen-bond donors (Lipinski definition) is 2. The molecule has 1 aliphatic heterocycles. The first-order valence-electron chi connectivity index (χ1n) is 9.08. The van der Waals surface area contributed by atoms with E-state index >= 15 is 0 Å². The molecular formula is C18H25Cl2N7O. The zero-order valence-corrected chi connectivity index (χ0v) is 17.3. The van der Waals surface area contributed by atoms with Crippen LogP contribution in [0.5, 0.6) is 0 Å². The molecule has 2 N–H and O–H groups in total. The van der Waals surface area contributed by atoms with Crippen LogP contribution in [0.4, 0.5) is 0 Å². The van der Waals surface area contributed by atoms with E-state index in [1.54, 1.807) is 6.20 Å². The molecule has 0 aromatic carbocycles. The third-order valence-corrected chi connectivity index (χ3v) is 4.68. The quantitative estimate of drug-likeness (QED) is 0.630. The van der Waals surface area contributed by atoms with E-state index in [1.807, 2.05) is 34.5 Å². The molecule has 0 spiro atoms. The van der Waals surface area contributed by atoms with E-state index in [1.165, 1.54) is 5.69 Å². The zero-order chi connectivity index (χ0) is 17.9. The summed E-state index contributed by atoms with van der Waals surface area (Å²) in [4.78, 5) is 21.2. The Morgan fingerprint density at radius 2 is 2.25 bits per heavy atom. The third kappa shape index (κ3) is 4.81. The average molecular weight is 426 g/mol. The number of imidazole rings is 1. The number of aryl methyl sites for hydroxylation is 1. The first kappa shape index (κ1) is 22.1. The Hall–Kier alpha value is -2.16. The van der Waals surface area contributed by atoms with Crippen LogP contribution in [0.3, 0.4) is 0 Å². The molecule has 1 unspecified atom stereocenters. The van der Waals surface area contributed by atoms with Crippen LogP contribution in [0.2, 0.25) is 0 Å². The number of halogens is 2. The molecule has 0 bridgehead atoms. The summed E-state index contributed by atoms with van der Waals surface area (Å²) < 4.78 is 3.90. The normalized spacial score (nSPS) is 13.9. The van der Waals surface area contributed by atoms with Crippen molar-refractivity contribution in [3.8, 4) is 0 Å². The van der Waals surface area contributed by atoms with Gasteiger partial charge in [0.15, 0.2) is 0 Å². The van der Waals surface area contributed by atoms with Gasteiger partial charge in [-0.25, -0.2) is 9.97 Å². The molecule has 0 saturated heterocycles. The first-order valence-corrected chi connectivity index (χ1v) is 9.08. The molecule has 4 rings (SSSR count).